The zero-order valence-corrected chi connectivity index (χ0v) is 8.24. The highest BCUT2D eigenvalue weighted by Crippen LogP contribution is 2.17. The summed E-state index contributed by atoms with van der Waals surface area (Å²) in [7, 11) is 0. The molecule has 2 rings (SSSR count). The molecule has 13 heavy (non-hydrogen) atoms. The second kappa shape index (κ2) is 4.40. The summed E-state index contributed by atoms with van der Waals surface area (Å²) < 4.78 is 5.41. The Morgan fingerprint density at radius 2 is 2.08 bits per heavy atom. The molecule has 0 aromatic rings. The van der Waals surface area contributed by atoms with Crippen molar-refractivity contribution in [1.29, 1.82) is 0 Å². The van der Waals surface area contributed by atoms with Gasteiger partial charge in [0.05, 0.1) is 6.61 Å². The van der Waals surface area contributed by atoms with Crippen molar-refractivity contribution in [3.05, 3.63) is 0 Å². The maximum Gasteiger partial charge on any atom is 0.0622 e. The van der Waals surface area contributed by atoms with Crippen molar-refractivity contribution in [2.75, 3.05) is 26.3 Å². The second-order valence-corrected chi connectivity index (χ2v) is 4.24. The van der Waals surface area contributed by atoms with E-state index in [1.165, 1.54) is 32.4 Å². The van der Waals surface area contributed by atoms with E-state index in [-0.39, 0.29) is 0 Å². The van der Waals surface area contributed by atoms with Crippen molar-refractivity contribution in [3.8, 4) is 0 Å². The Bertz CT molecular complexity index is 157. The Kier molecular flexibility index (Phi) is 3.19. The number of nitrogens with zero attached hydrogens (tertiary/aromatic N) is 1. The van der Waals surface area contributed by atoms with Crippen LogP contribution >= 0.6 is 0 Å². The molecule has 2 fully saturated rings. The van der Waals surface area contributed by atoms with E-state index in [4.69, 9.17) is 10.5 Å². The quantitative estimate of drug-likeness (QED) is 0.648. The number of ether oxygens (including phenoxy) is 1. The van der Waals surface area contributed by atoms with Gasteiger partial charge in [-0.1, -0.05) is 0 Å². The Labute approximate surface area is 80.2 Å². The van der Waals surface area contributed by atoms with Gasteiger partial charge in [-0.3, -0.25) is 4.90 Å². The fraction of sp³-hybridized carbons (Fsp3) is 1.00. The van der Waals surface area contributed by atoms with E-state index in [9.17, 15) is 0 Å². The summed E-state index contributed by atoms with van der Waals surface area (Å²) in [5.41, 5.74) is 5.94. The number of likely N-dealkylation sites (tertiary alicyclic amines) is 1. The number of hydrogen-bond acceptors (Lipinski definition) is 3. The Balaban J connectivity index is 1.84. The normalized spacial score (nSPS) is 37.6. The third-order valence-electron chi connectivity index (χ3n) is 3.23. The van der Waals surface area contributed by atoms with Gasteiger partial charge >= 0.3 is 0 Å². The predicted molar refractivity (Wildman–Crippen MR) is 52.6 cm³/mol. The molecule has 2 N–H and O–H groups in total. The highest BCUT2D eigenvalue weighted by Gasteiger charge is 2.24. The molecule has 0 spiro atoms. The zero-order chi connectivity index (χ0) is 9.10. The maximum atomic E-state index is 5.94. The molecular weight excluding hydrogens is 164 g/mol. The number of nitrogens with two attached hydrogens (primary N) is 1. The number of hydrogen-bond donors (Lipinski definition) is 1. The molecule has 0 bridgehead atoms. The molecule has 2 aliphatic rings. The van der Waals surface area contributed by atoms with E-state index in [2.05, 4.69) is 4.90 Å². The van der Waals surface area contributed by atoms with Crippen LogP contribution in [0.5, 0.6) is 0 Å². The van der Waals surface area contributed by atoms with Crippen LogP contribution in [0.1, 0.15) is 25.7 Å². The van der Waals surface area contributed by atoms with Crippen molar-refractivity contribution in [2.24, 2.45) is 5.73 Å². The van der Waals surface area contributed by atoms with Gasteiger partial charge in [0.2, 0.25) is 0 Å². The molecule has 0 radical (unpaired) electrons. The SMILES string of the molecule is NC1CCCN(C2CCOC2)CC1. The minimum absolute atomic E-state index is 0.437. The largest absolute Gasteiger partial charge is 0.380 e. The van der Waals surface area contributed by atoms with Crippen LogP contribution in [0.3, 0.4) is 0 Å². The predicted octanol–water partition coefficient (Wildman–Crippen LogP) is 0.588. The molecule has 2 saturated heterocycles. The molecule has 3 nitrogen and oxygen atoms in total. The molecule has 3 heteroatoms. The van der Waals surface area contributed by atoms with Crippen LogP contribution in [-0.2, 0) is 4.74 Å². The molecule has 0 amide bonds. The lowest BCUT2D eigenvalue weighted by atomic mass is 10.1. The van der Waals surface area contributed by atoms with Crippen LogP contribution in [0.25, 0.3) is 0 Å². The van der Waals surface area contributed by atoms with Gasteiger partial charge in [0, 0.05) is 18.7 Å². The van der Waals surface area contributed by atoms with Crippen LogP contribution in [0.15, 0.2) is 0 Å². The van der Waals surface area contributed by atoms with Crippen molar-refractivity contribution in [1.82, 2.24) is 4.90 Å². The maximum absolute atomic E-state index is 5.94. The van der Waals surface area contributed by atoms with E-state index in [1.807, 2.05) is 0 Å². The number of rotatable bonds is 1. The van der Waals surface area contributed by atoms with E-state index < -0.39 is 0 Å². The molecule has 2 unspecified atom stereocenters. The standard InChI is InChI=1S/C10H20N2O/c11-9-2-1-5-12(6-3-9)10-4-7-13-8-10/h9-10H,1-8,11H2. The topological polar surface area (TPSA) is 38.5 Å². The fourth-order valence-electron chi connectivity index (χ4n) is 2.32. The van der Waals surface area contributed by atoms with Crippen LogP contribution in [0.2, 0.25) is 0 Å². The van der Waals surface area contributed by atoms with Crippen LogP contribution in [-0.4, -0.2) is 43.3 Å². The zero-order valence-electron chi connectivity index (χ0n) is 8.24. The minimum Gasteiger partial charge on any atom is -0.380 e. The highest BCUT2D eigenvalue weighted by atomic mass is 16.5. The molecule has 0 aromatic carbocycles. The molecule has 2 aliphatic heterocycles. The highest BCUT2D eigenvalue weighted by molar-refractivity contribution is 4.79. The average molecular weight is 184 g/mol. The van der Waals surface area contributed by atoms with E-state index >= 15 is 0 Å². The van der Waals surface area contributed by atoms with Gasteiger partial charge in [-0.25, -0.2) is 0 Å². The first-order valence-corrected chi connectivity index (χ1v) is 5.43. The van der Waals surface area contributed by atoms with Gasteiger partial charge in [0.15, 0.2) is 0 Å². The van der Waals surface area contributed by atoms with Gasteiger partial charge < -0.3 is 10.5 Å². The Morgan fingerprint density at radius 3 is 2.85 bits per heavy atom. The summed E-state index contributed by atoms with van der Waals surface area (Å²) in [5, 5.41) is 0. The lowest BCUT2D eigenvalue weighted by Crippen LogP contribution is -2.36. The lowest BCUT2D eigenvalue weighted by molar-refractivity contribution is 0.146. The van der Waals surface area contributed by atoms with E-state index in [0.717, 1.165) is 19.6 Å². The third kappa shape index (κ3) is 2.42. The van der Waals surface area contributed by atoms with Gasteiger partial charge in [-0.05, 0) is 38.8 Å². The summed E-state index contributed by atoms with van der Waals surface area (Å²) in [5.74, 6) is 0. The van der Waals surface area contributed by atoms with Crippen molar-refractivity contribution in [3.63, 3.8) is 0 Å². The second-order valence-electron chi connectivity index (χ2n) is 4.24. The van der Waals surface area contributed by atoms with Gasteiger partial charge in [-0.2, -0.15) is 0 Å². The first-order valence-electron chi connectivity index (χ1n) is 5.43. The molecule has 0 aromatic heterocycles. The van der Waals surface area contributed by atoms with Crippen molar-refractivity contribution >= 4 is 0 Å². The molecule has 2 heterocycles. The average Bonchev–Trinajstić information content (AvgIpc) is 2.56. The summed E-state index contributed by atoms with van der Waals surface area (Å²) in [6, 6.07) is 1.12. The molecule has 76 valence electrons. The summed E-state index contributed by atoms with van der Waals surface area (Å²) >= 11 is 0. The summed E-state index contributed by atoms with van der Waals surface area (Å²) in [4.78, 5) is 2.57. The van der Waals surface area contributed by atoms with Crippen molar-refractivity contribution in [2.45, 2.75) is 37.8 Å². The fourth-order valence-corrected chi connectivity index (χ4v) is 2.32. The first kappa shape index (κ1) is 9.44. The molecule has 0 aliphatic carbocycles. The van der Waals surface area contributed by atoms with Gasteiger partial charge in [0.25, 0.3) is 0 Å². The third-order valence-corrected chi connectivity index (χ3v) is 3.23. The lowest BCUT2D eigenvalue weighted by Gasteiger charge is -2.25. The summed E-state index contributed by atoms with van der Waals surface area (Å²) in [6.45, 7) is 4.29. The Morgan fingerprint density at radius 1 is 1.15 bits per heavy atom. The van der Waals surface area contributed by atoms with Gasteiger partial charge in [0.1, 0.15) is 0 Å². The first-order chi connectivity index (χ1) is 6.36. The molecular formula is C10H20N2O. The van der Waals surface area contributed by atoms with Crippen molar-refractivity contribution < 1.29 is 4.74 Å². The van der Waals surface area contributed by atoms with Crippen LogP contribution < -0.4 is 5.73 Å². The summed E-state index contributed by atoms with van der Waals surface area (Å²) in [6.07, 6.45) is 4.84. The molecule has 2 atom stereocenters. The molecule has 0 saturated carbocycles. The smallest absolute Gasteiger partial charge is 0.0622 e. The monoisotopic (exact) mass is 184 g/mol. The van der Waals surface area contributed by atoms with E-state index in [0.29, 0.717) is 12.1 Å². The minimum atomic E-state index is 0.437. The Hall–Kier alpha value is -0.120. The van der Waals surface area contributed by atoms with Crippen LogP contribution in [0, 0.1) is 0 Å². The van der Waals surface area contributed by atoms with Gasteiger partial charge in [-0.15, -0.1) is 0 Å². The van der Waals surface area contributed by atoms with Crippen LogP contribution in [0.4, 0.5) is 0 Å². The van der Waals surface area contributed by atoms with E-state index in [1.54, 1.807) is 0 Å².